The molecule has 0 atom stereocenters. The molecular weight excluding hydrogens is 282 g/mol. The van der Waals surface area contributed by atoms with Crippen LogP contribution in [0.25, 0.3) is 5.69 Å². The van der Waals surface area contributed by atoms with E-state index < -0.39 is 5.97 Å². The van der Waals surface area contributed by atoms with Crippen molar-refractivity contribution in [3.63, 3.8) is 0 Å². The van der Waals surface area contributed by atoms with Crippen LogP contribution in [-0.2, 0) is 16.0 Å². The van der Waals surface area contributed by atoms with Gasteiger partial charge in [-0.25, -0.2) is 4.68 Å². The molecule has 0 unspecified atom stereocenters. The van der Waals surface area contributed by atoms with Crippen LogP contribution >= 0.6 is 0 Å². The van der Waals surface area contributed by atoms with E-state index in [1.165, 1.54) is 4.90 Å². The lowest BCUT2D eigenvalue weighted by atomic mass is 10.2. The number of carboxylic acids is 1. The number of carboxylic acid groups (broad SMARTS) is 1. The van der Waals surface area contributed by atoms with E-state index >= 15 is 0 Å². The molecule has 0 saturated heterocycles. The molecule has 0 aliphatic heterocycles. The monoisotopic (exact) mass is 301 g/mol. The van der Waals surface area contributed by atoms with Gasteiger partial charge in [-0.1, -0.05) is 25.1 Å². The lowest BCUT2D eigenvalue weighted by Crippen LogP contribution is -2.37. The Labute approximate surface area is 129 Å². The van der Waals surface area contributed by atoms with E-state index in [2.05, 4.69) is 5.10 Å². The minimum atomic E-state index is -0.998. The Kier molecular flexibility index (Phi) is 5.30. The first-order chi connectivity index (χ1) is 10.6. The van der Waals surface area contributed by atoms with Crippen molar-refractivity contribution in [2.24, 2.45) is 0 Å². The smallest absolute Gasteiger partial charge is 0.323 e. The first-order valence-corrected chi connectivity index (χ1v) is 7.18. The number of rotatable bonds is 7. The van der Waals surface area contributed by atoms with Crippen LogP contribution in [0.2, 0.25) is 0 Å². The predicted molar refractivity (Wildman–Crippen MR) is 81.8 cm³/mol. The Morgan fingerprint density at radius 1 is 1.27 bits per heavy atom. The summed E-state index contributed by atoms with van der Waals surface area (Å²) >= 11 is 0. The molecule has 1 amide bonds. The van der Waals surface area contributed by atoms with Crippen molar-refractivity contribution in [1.82, 2.24) is 14.7 Å². The van der Waals surface area contributed by atoms with Gasteiger partial charge in [0.2, 0.25) is 5.91 Å². The Balaban J connectivity index is 2.05. The number of amides is 1. The molecule has 6 nitrogen and oxygen atoms in total. The largest absolute Gasteiger partial charge is 0.480 e. The highest BCUT2D eigenvalue weighted by atomic mass is 16.4. The Morgan fingerprint density at radius 3 is 2.64 bits per heavy atom. The average molecular weight is 301 g/mol. The fourth-order valence-electron chi connectivity index (χ4n) is 2.18. The van der Waals surface area contributed by atoms with Crippen molar-refractivity contribution in [3.8, 4) is 5.69 Å². The summed E-state index contributed by atoms with van der Waals surface area (Å²) in [4.78, 5) is 24.4. The number of para-hydroxylation sites is 1. The molecule has 1 aromatic carbocycles. The van der Waals surface area contributed by atoms with Gasteiger partial charge in [0.25, 0.3) is 0 Å². The van der Waals surface area contributed by atoms with Crippen molar-refractivity contribution in [1.29, 1.82) is 0 Å². The minimum Gasteiger partial charge on any atom is -0.480 e. The summed E-state index contributed by atoms with van der Waals surface area (Å²) < 4.78 is 1.70. The summed E-state index contributed by atoms with van der Waals surface area (Å²) in [6.07, 6.45) is 4.30. The van der Waals surface area contributed by atoms with E-state index in [1.807, 2.05) is 37.3 Å². The third kappa shape index (κ3) is 4.18. The second-order valence-corrected chi connectivity index (χ2v) is 5.01. The Morgan fingerprint density at radius 2 is 2.00 bits per heavy atom. The third-order valence-corrected chi connectivity index (χ3v) is 3.18. The number of aliphatic carboxylic acids is 1. The highest BCUT2D eigenvalue weighted by Crippen LogP contribution is 2.09. The maximum Gasteiger partial charge on any atom is 0.323 e. The van der Waals surface area contributed by atoms with Gasteiger partial charge in [-0.2, -0.15) is 5.10 Å². The quantitative estimate of drug-likeness (QED) is 0.845. The van der Waals surface area contributed by atoms with E-state index in [9.17, 15) is 9.59 Å². The molecule has 1 heterocycles. The predicted octanol–water partition coefficient (Wildman–Crippen LogP) is 1.74. The van der Waals surface area contributed by atoms with Gasteiger partial charge in [0.15, 0.2) is 0 Å². The van der Waals surface area contributed by atoms with Crippen LogP contribution in [0.1, 0.15) is 18.9 Å². The summed E-state index contributed by atoms with van der Waals surface area (Å²) in [7, 11) is 0. The average Bonchev–Trinajstić information content (AvgIpc) is 2.96. The molecule has 1 aromatic heterocycles. The molecule has 0 bridgehead atoms. The maximum absolute atomic E-state index is 12.2. The zero-order valence-electron chi connectivity index (χ0n) is 12.5. The fraction of sp³-hybridized carbons (Fsp3) is 0.312. The Hall–Kier alpha value is -2.63. The molecule has 2 aromatic rings. The molecule has 6 heteroatoms. The first kappa shape index (κ1) is 15.8. The first-order valence-electron chi connectivity index (χ1n) is 7.18. The van der Waals surface area contributed by atoms with E-state index in [1.54, 1.807) is 17.1 Å². The molecule has 0 aliphatic rings. The number of hydrogen-bond acceptors (Lipinski definition) is 3. The number of aromatic nitrogens is 2. The van der Waals surface area contributed by atoms with E-state index in [4.69, 9.17) is 5.11 Å². The van der Waals surface area contributed by atoms with Crippen molar-refractivity contribution >= 4 is 11.9 Å². The summed E-state index contributed by atoms with van der Waals surface area (Å²) in [5, 5.41) is 13.1. The highest BCUT2D eigenvalue weighted by Gasteiger charge is 2.17. The van der Waals surface area contributed by atoms with Gasteiger partial charge in [-0.3, -0.25) is 9.59 Å². The number of benzene rings is 1. The van der Waals surface area contributed by atoms with Gasteiger partial charge in [0.05, 0.1) is 18.3 Å². The number of hydrogen-bond donors (Lipinski definition) is 1. The maximum atomic E-state index is 12.2. The van der Waals surface area contributed by atoms with Crippen molar-refractivity contribution in [3.05, 3.63) is 48.3 Å². The van der Waals surface area contributed by atoms with Crippen molar-refractivity contribution in [2.75, 3.05) is 13.1 Å². The molecule has 0 radical (unpaired) electrons. The molecule has 22 heavy (non-hydrogen) atoms. The number of nitrogens with zero attached hydrogens (tertiary/aromatic N) is 3. The molecule has 116 valence electrons. The molecule has 1 N–H and O–H groups in total. The second-order valence-electron chi connectivity index (χ2n) is 5.01. The SMILES string of the molecule is CCCN(CC(=O)O)C(=O)Cc1cnn(-c2ccccc2)c1. The minimum absolute atomic E-state index is 0.153. The van der Waals surface area contributed by atoms with E-state index in [0.717, 1.165) is 17.7 Å². The lowest BCUT2D eigenvalue weighted by molar-refractivity contribution is -0.144. The lowest BCUT2D eigenvalue weighted by Gasteiger charge is -2.19. The standard InChI is InChI=1S/C16H19N3O3/c1-2-8-18(12-16(21)22)15(20)9-13-10-17-19(11-13)14-6-4-3-5-7-14/h3-7,10-11H,2,8-9,12H2,1H3,(H,21,22). The molecule has 0 spiro atoms. The second kappa shape index (κ2) is 7.40. The summed E-state index contributed by atoms with van der Waals surface area (Å²) in [6.45, 7) is 2.09. The molecular formula is C16H19N3O3. The topological polar surface area (TPSA) is 75.4 Å². The van der Waals surface area contributed by atoms with Crippen molar-refractivity contribution in [2.45, 2.75) is 19.8 Å². The van der Waals surface area contributed by atoms with Crippen LogP contribution in [0.4, 0.5) is 0 Å². The summed E-state index contributed by atoms with van der Waals surface area (Å²) in [5.41, 5.74) is 1.68. The fourth-order valence-corrected chi connectivity index (χ4v) is 2.18. The van der Waals surface area contributed by atoms with Gasteiger partial charge in [0.1, 0.15) is 6.54 Å². The van der Waals surface area contributed by atoms with Crippen molar-refractivity contribution < 1.29 is 14.7 Å². The van der Waals surface area contributed by atoms with E-state index in [-0.39, 0.29) is 18.9 Å². The van der Waals surface area contributed by atoms with Gasteiger partial charge >= 0.3 is 5.97 Å². The van der Waals surface area contributed by atoms with Crippen LogP contribution in [0, 0.1) is 0 Å². The van der Waals surface area contributed by atoms with Gasteiger partial charge < -0.3 is 10.0 Å². The Bertz CT molecular complexity index is 637. The summed E-state index contributed by atoms with van der Waals surface area (Å²) in [6, 6.07) is 9.60. The van der Waals surface area contributed by atoms with Crippen LogP contribution in [0.5, 0.6) is 0 Å². The van der Waals surface area contributed by atoms with Crippen LogP contribution in [0.3, 0.4) is 0 Å². The zero-order chi connectivity index (χ0) is 15.9. The zero-order valence-corrected chi connectivity index (χ0v) is 12.5. The van der Waals surface area contributed by atoms with Crippen LogP contribution in [-0.4, -0.2) is 44.8 Å². The number of carbonyl (C=O) groups excluding carboxylic acids is 1. The number of carbonyl (C=O) groups is 2. The molecule has 0 saturated carbocycles. The van der Waals surface area contributed by atoms with Crippen LogP contribution < -0.4 is 0 Å². The normalized spacial score (nSPS) is 10.4. The third-order valence-electron chi connectivity index (χ3n) is 3.18. The van der Waals surface area contributed by atoms with Gasteiger partial charge in [0, 0.05) is 12.7 Å². The van der Waals surface area contributed by atoms with Gasteiger partial charge in [-0.05, 0) is 24.1 Å². The summed E-state index contributed by atoms with van der Waals surface area (Å²) in [5.74, 6) is -1.20. The van der Waals surface area contributed by atoms with E-state index in [0.29, 0.717) is 6.54 Å². The van der Waals surface area contributed by atoms with Gasteiger partial charge in [-0.15, -0.1) is 0 Å². The molecule has 0 aliphatic carbocycles. The van der Waals surface area contributed by atoms with Crippen LogP contribution in [0.15, 0.2) is 42.7 Å². The molecule has 2 rings (SSSR count). The molecule has 0 fully saturated rings. The highest BCUT2D eigenvalue weighted by molar-refractivity contribution is 5.82.